The van der Waals surface area contributed by atoms with Gasteiger partial charge in [-0.3, -0.25) is 0 Å². The van der Waals surface area contributed by atoms with Crippen LogP contribution in [-0.4, -0.2) is 26.5 Å². The van der Waals surface area contributed by atoms with Crippen molar-refractivity contribution in [1.29, 1.82) is 0 Å². The maximum absolute atomic E-state index is 12.0. The van der Waals surface area contributed by atoms with Gasteiger partial charge in [0.15, 0.2) is 8.32 Å². The number of esters is 1. The third kappa shape index (κ3) is 2.41. The van der Waals surface area contributed by atoms with Crippen LogP contribution in [0.1, 0.15) is 33.6 Å². The second kappa shape index (κ2) is 4.49. The van der Waals surface area contributed by atoms with Crippen LogP contribution in [0.4, 0.5) is 0 Å². The van der Waals surface area contributed by atoms with Gasteiger partial charge in [0.2, 0.25) is 0 Å². The standard InChI is InChI=1S/C14H24O3Si/c1-14(2,3)18(4,5)17-12-10-8-6-7-9-11(10)16-13(12)15/h7,9-12H,6,8H2,1-5H3/t10-,11+,12+/m1/s1. The van der Waals surface area contributed by atoms with E-state index in [9.17, 15) is 4.79 Å². The molecule has 1 aliphatic carbocycles. The van der Waals surface area contributed by atoms with Crippen LogP contribution in [0.3, 0.4) is 0 Å². The Hall–Kier alpha value is -0.613. The molecule has 0 aromatic carbocycles. The number of rotatable bonds is 2. The SMILES string of the molecule is CC(C)(C)[Si](C)(C)O[C@@H]1C(=O)O[C@H]2C=CCC[C@H]21. The fourth-order valence-corrected chi connectivity index (χ4v) is 3.54. The highest BCUT2D eigenvalue weighted by Gasteiger charge is 2.49. The Labute approximate surface area is 111 Å². The topological polar surface area (TPSA) is 35.5 Å². The van der Waals surface area contributed by atoms with Gasteiger partial charge in [-0.2, -0.15) is 0 Å². The first-order valence-electron chi connectivity index (χ1n) is 6.77. The second-order valence-corrected chi connectivity index (χ2v) is 11.6. The van der Waals surface area contributed by atoms with E-state index >= 15 is 0 Å². The molecule has 0 saturated carbocycles. The molecule has 0 amide bonds. The van der Waals surface area contributed by atoms with E-state index in [1.807, 2.05) is 6.08 Å². The minimum atomic E-state index is -1.91. The van der Waals surface area contributed by atoms with Gasteiger partial charge < -0.3 is 9.16 Å². The quantitative estimate of drug-likeness (QED) is 0.438. The fraction of sp³-hybridized carbons (Fsp3) is 0.786. The van der Waals surface area contributed by atoms with Crippen LogP contribution in [0.2, 0.25) is 18.1 Å². The number of fused-ring (bicyclic) bond motifs is 1. The zero-order valence-electron chi connectivity index (χ0n) is 12.0. The molecule has 0 N–H and O–H groups in total. The van der Waals surface area contributed by atoms with Crippen LogP contribution in [0, 0.1) is 5.92 Å². The summed E-state index contributed by atoms with van der Waals surface area (Å²) in [7, 11) is -1.91. The molecule has 0 spiro atoms. The van der Waals surface area contributed by atoms with Crippen molar-refractivity contribution in [2.45, 2.75) is 64.0 Å². The molecule has 0 bridgehead atoms. The number of hydrogen-bond acceptors (Lipinski definition) is 3. The summed E-state index contributed by atoms with van der Waals surface area (Å²) in [6.07, 6.45) is 5.73. The molecule has 0 aromatic rings. The monoisotopic (exact) mass is 268 g/mol. The predicted octanol–water partition coefficient (Wildman–Crippen LogP) is 3.27. The van der Waals surface area contributed by atoms with Crippen LogP contribution >= 0.6 is 0 Å². The Morgan fingerprint density at radius 2 is 2.06 bits per heavy atom. The Kier molecular flexibility index (Phi) is 3.45. The van der Waals surface area contributed by atoms with Gasteiger partial charge in [-0.05, 0) is 37.0 Å². The lowest BCUT2D eigenvalue weighted by atomic mass is 9.89. The van der Waals surface area contributed by atoms with Gasteiger partial charge in [0.1, 0.15) is 12.2 Å². The summed E-state index contributed by atoms with van der Waals surface area (Å²) in [5.41, 5.74) is 0. The van der Waals surface area contributed by atoms with Crippen molar-refractivity contribution in [2.24, 2.45) is 5.92 Å². The maximum atomic E-state index is 12.0. The van der Waals surface area contributed by atoms with Crippen LogP contribution in [0.5, 0.6) is 0 Å². The van der Waals surface area contributed by atoms with Crippen molar-refractivity contribution in [3.8, 4) is 0 Å². The molecular weight excluding hydrogens is 244 g/mol. The van der Waals surface area contributed by atoms with Gasteiger partial charge in [-0.1, -0.05) is 26.8 Å². The smallest absolute Gasteiger partial charge is 0.335 e. The lowest BCUT2D eigenvalue weighted by Gasteiger charge is -2.38. The predicted molar refractivity (Wildman–Crippen MR) is 73.8 cm³/mol. The normalized spacial score (nSPS) is 32.3. The van der Waals surface area contributed by atoms with E-state index in [1.165, 1.54) is 0 Å². The van der Waals surface area contributed by atoms with Crippen molar-refractivity contribution < 1.29 is 14.0 Å². The van der Waals surface area contributed by atoms with Crippen LogP contribution in [0.25, 0.3) is 0 Å². The average molecular weight is 268 g/mol. The maximum Gasteiger partial charge on any atom is 0.335 e. The van der Waals surface area contributed by atoms with Gasteiger partial charge >= 0.3 is 5.97 Å². The molecule has 102 valence electrons. The number of carbonyl (C=O) groups is 1. The Bertz CT molecular complexity index is 368. The number of ether oxygens (including phenoxy) is 1. The Morgan fingerprint density at radius 1 is 1.39 bits per heavy atom. The molecule has 0 aromatic heterocycles. The van der Waals surface area contributed by atoms with Crippen LogP contribution < -0.4 is 0 Å². The van der Waals surface area contributed by atoms with E-state index in [-0.39, 0.29) is 29.1 Å². The number of allylic oxidation sites excluding steroid dienone is 1. The molecule has 3 nitrogen and oxygen atoms in total. The largest absolute Gasteiger partial charge is 0.456 e. The molecule has 1 heterocycles. The molecule has 4 heteroatoms. The van der Waals surface area contributed by atoms with E-state index in [4.69, 9.17) is 9.16 Å². The molecule has 3 atom stereocenters. The van der Waals surface area contributed by atoms with Gasteiger partial charge in [-0.15, -0.1) is 0 Å². The lowest BCUT2D eigenvalue weighted by molar-refractivity contribution is -0.145. The molecule has 1 aliphatic heterocycles. The molecule has 0 unspecified atom stereocenters. The fourth-order valence-electron chi connectivity index (χ4n) is 2.28. The highest BCUT2D eigenvalue weighted by Crippen LogP contribution is 2.41. The molecule has 2 aliphatic rings. The summed E-state index contributed by atoms with van der Waals surface area (Å²) in [6, 6.07) is 0. The van der Waals surface area contributed by atoms with Crippen LogP contribution in [-0.2, 0) is 14.0 Å². The number of hydrogen-bond donors (Lipinski definition) is 0. The van der Waals surface area contributed by atoms with Gasteiger partial charge in [-0.25, -0.2) is 4.79 Å². The number of carbonyl (C=O) groups excluding carboxylic acids is 1. The minimum Gasteiger partial charge on any atom is -0.456 e. The summed E-state index contributed by atoms with van der Waals surface area (Å²) < 4.78 is 11.7. The molecule has 18 heavy (non-hydrogen) atoms. The minimum absolute atomic E-state index is 0.0546. The van der Waals surface area contributed by atoms with Crippen molar-refractivity contribution >= 4 is 14.3 Å². The highest BCUT2D eigenvalue weighted by molar-refractivity contribution is 6.74. The highest BCUT2D eigenvalue weighted by atomic mass is 28.4. The van der Waals surface area contributed by atoms with Crippen molar-refractivity contribution in [3.05, 3.63) is 12.2 Å². The van der Waals surface area contributed by atoms with Gasteiger partial charge in [0.05, 0.1) is 0 Å². The first-order chi connectivity index (χ1) is 8.22. The second-order valence-electron chi connectivity index (χ2n) is 6.87. The molecular formula is C14H24O3Si. The van der Waals surface area contributed by atoms with E-state index in [1.54, 1.807) is 0 Å². The summed E-state index contributed by atoms with van der Waals surface area (Å²) in [5, 5.41) is 0.121. The third-order valence-electron chi connectivity index (χ3n) is 4.52. The average Bonchev–Trinajstić information content (AvgIpc) is 2.54. The van der Waals surface area contributed by atoms with Crippen molar-refractivity contribution in [1.82, 2.24) is 0 Å². The molecule has 1 fully saturated rings. The van der Waals surface area contributed by atoms with E-state index in [2.05, 4.69) is 39.9 Å². The lowest BCUT2D eigenvalue weighted by Crippen LogP contribution is -2.47. The van der Waals surface area contributed by atoms with E-state index < -0.39 is 8.32 Å². The molecule has 0 radical (unpaired) electrons. The van der Waals surface area contributed by atoms with Gasteiger partial charge in [0, 0.05) is 5.92 Å². The molecule has 2 rings (SSSR count). The van der Waals surface area contributed by atoms with Crippen molar-refractivity contribution in [3.63, 3.8) is 0 Å². The zero-order chi connectivity index (χ0) is 13.6. The van der Waals surface area contributed by atoms with Gasteiger partial charge in [0.25, 0.3) is 0 Å². The van der Waals surface area contributed by atoms with Crippen molar-refractivity contribution in [2.75, 3.05) is 0 Å². The Balaban J connectivity index is 2.14. The summed E-state index contributed by atoms with van der Waals surface area (Å²) in [6.45, 7) is 11.0. The van der Waals surface area contributed by atoms with Crippen LogP contribution in [0.15, 0.2) is 12.2 Å². The van der Waals surface area contributed by atoms with E-state index in [0.29, 0.717) is 0 Å². The summed E-state index contributed by atoms with van der Waals surface area (Å²) in [4.78, 5) is 12.0. The summed E-state index contributed by atoms with van der Waals surface area (Å²) >= 11 is 0. The Morgan fingerprint density at radius 3 is 2.67 bits per heavy atom. The first kappa shape index (κ1) is 13.8. The third-order valence-corrected chi connectivity index (χ3v) is 8.97. The molecule has 1 saturated heterocycles. The summed E-state index contributed by atoms with van der Waals surface area (Å²) in [5.74, 6) is 0.0537. The van der Waals surface area contributed by atoms with E-state index in [0.717, 1.165) is 12.8 Å². The first-order valence-corrected chi connectivity index (χ1v) is 9.68. The zero-order valence-corrected chi connectivity index (χ0v) is 13.0.